The van der Waals surface area contributed by atoms with Crippen LogP contribution in [0.3, 0.4) is 0 Å². The number of nitrogens with zero attached hydrogens (tertiary/aromatic N) is 3. The molecule has 2 aromatic heterocycles. The smallest absolute Gasteiger partial charge is 0.274 e. The Hall–Kier alpha value is -3.71. The first kappa shape index (κ1) is 23.1. The zero-order chi connectivity index (χ0) is 24.0. The Kier molecular flexibility index (Phi) is 7.04. The highest BCUT2D eigenvalue weighted by Crippen LogP contribution is 2.20. The van der Waals surface area contributed by atoms with Crippen LogP contribution in [0.25, 0.3) is 5.65 Å². The molecule has 1 aliphatic heterocycles. The molecule has 35 heavy (non-hydrogen) atoms. The van der Waals surface area contributed by atoms with Crippen LogP contribution >= 0.6 is 0 Å². The van der Waals surface area contributed by atoms with Crippen LogP contribution in [0.5, 0.6) is 5.75 Å². The molecule has 0 bridgehead atoms. The van der Waals surface area contributed by atoms with Gasteiger partial charge < -0.3 is 18.8 Å². The van der Waals surface area contributed by atoms with E-state index < -0.39 is 0 Å². The topological polar surface area (TPSA) is 56.1 Å². The van der Waals surface area contributed by atoms with E-state index in [0.717, 1.165) is 30.7 Å². The van der Waals surface area contributed by atoms with Crippen LogP contribution < -0.4 is 4.74 Å². The Morgan fingerprint density at radius 2 is 2.03 bits per heavy atom. The van der Waals surface area contributed by atoms with Gasteiger partial charge in [-0.1, -0.05) is 36.4 Å². The lowest BCUT2D eigenvalue weighted by atomic mass is 10.1. The highest BCUT2D eigenvalue weighted by atomic mass is 19.1. The van der Waals surface area contributed by atoms with Crippen LogP contribution in [0, 0.1) is 5.82 Å². The Morgan fingerprint density at radius 3 is 2.86 bits per heavy atom. The van der Waals surface area contributed by atoms with Crippen LogP contribution in [0.1, 0.15) is 34.5 Å². The van der Waals surface area contributed by atoms with E-state index >= 15 is 0 Å². The molecule has 0 saturated carbocycles. The molecule has 1 fully saturated rings. The van der Waals surface area contributed by atoms with Crippen molar-refractivity contribution in [1.29, 1.82) is 0 Å². The summed E-state index contributed by atoms with van der Waals surface area (Å²) in [6.45, 7) is 2.01. The van der Waals surface area contributed by atoms with Gasteiger partial charge in [-0.25, -0.2) is 9.37 Å². The SMILES string of the molecule is O=C(c1cn2ccccc2n1)N(Cc1cccc(OCCc2ccccc2F)c1)C[C@H]1CCCO1. The van der Waals surface area contributed by atoms with Gasteiger partial charge in [-0.2, -0.15) is 0 Å². The number of carbonyl (C=O) groups excluding carboxylic acids is 1. The Morgan fingerprint density at radius 1 is 1.14 bits per heavy atom. The minimum absolute atomic E-state index is 0.0242. The maximum atomic E-state index is 13.9. The van der Waals surface area contributed by atoms with Crippen molar-refractivity contribution in [1.82, 2.24) is 14.3 Å². The summed E-state index contributed by atoms with van der Waals surface area (Å²) in [5, 5.41) is 0. The first-order valence-electron chi connectivity index (χ1n) is 12.0. The summed E-state index contributed by atoms with van der Waals surface area (Å²) in [7, 11) is 0. The molecule has 0 spiro atoms. The normalized spacial score (nSPS) is 15.4. The van der Waals surface area contributed by atoms with Gasteiger partial charge in [0.2, 0.25) is 0 Å². The van der Waals surface area contributed by atoms with Crippen LogP contribution in [-0.4, -0.2) is 46.1 Å². The Bertz CT molecular complexity index is 1270. The third-order valence-electron chi connectivity index (χ3n) is 6.19. The van der Waals surface area contributed by atoms with E-state index in [0.29, 0.717) is 43.1 Å². The summed E-state index contributed by atoms with van der Waals surface area (Å²) < 4.78 is 27.4. The fraction of sp³-hybridized carbons (Fsp3) is 0.286. The minimum atomic E-state index is -0.222. The lowest BCUT2D eigenvalue weighted by Crippen LogP contribution is -2.37. The number of halogens is 1. The number of fused-ring (bicyclic) bond motifs is 1. The zero-order valence-electron chi connectivity index (χ0n) is 19.5. The van der Waals surface area contributed by atoms with E-state index in [1.165, 1.54) is 6.07 Å². The van der Waals surface area contributed by atoms with Gasteiger partial charge in [-0.3, -0.25) is 4.79 Å². The number of amides is 1. The Labute approximate surface area is 203 Å². The molecule has 2 aromatic carbocycles. The number of benzene rings is 2. The molecule has 7 heteroatoms. The number of hydrogen-bond acceptors (Lipinski definition) is 4. The molecule has 1 amide bonds. The predicted octanol–water partition coefficient (Wildman–Crippen LogP) is 4.92. The molecule has 4 aromatic rings. The number of hydrogen-bond donors (Lipinski definition) is 0. The molecule has 6 nitrogen and oxygen atoms in total. The average molecular weight is 474 g/mol. The van der Waals surface area contributed by atoms with E-state index in [2.05, 4.69) is 4.98 Å². The van der Waals surface area contributed by atoms with Crippen LogP contribution in [0.15, 0.2) is 79.1 Å². The first-order chi connectivity index (χ1) is 17.2. The second kappa shape index (κ2) is 10.7. The number of pyridine rings is 1. The monoisotopic (exact) mass is 473 g/mol. The van der Waals surface area contributed by atoms with E-state index in [1.807, 2.05) is 59.1 Å². The van der Waals surface area contributed by atoms with Crippen molar-refractivity contribution >= 4 is 11.6 Å². The largest absolute Gasteiger partial charge is 0.493 e. The highest BCUT2D eigenvalue weighted by molar-refractivity contribution is 5.93. The number of rotatable bonds is 9. The summed E-state index contributed by atoms with van der Waals surface area (Å²) in [5.74, 6) is 0.339. The molecule has 0 N–H and O–H groups in total. The van der Waals surface area contributed by atoms with Crippen molar-refractivity contribution < 1.29 is 18.7 Å². The maximum absolute atomic E-state index is 13.9. The molecule has 1 saturated heterocycles. The van der Waals surface area contributed by atoms with Crippen molar-refractivity contribution in [2.75, 3.05) is 19.8 Å². The quantitative estimate of drug-likeness (QED) is 0.346. The molecular formula is C28H28FN3O3. The van der Waals surface area contributed by atoms with Gasteiger partial charge in [0.05, 0.1) is 12.7 Å². The third kappa shape index (κ3) is 5.69. The number of carbonyl (C=O) groups is 1. The number of aromatic nitrogens is 2. The summed E-state index contributed by atoms with van der Waals surface area (Å²) in [6, 6.07) is 20.1. The van der Waals surface area contributed by atoms with Crippen LogP contribution in [0.4, 0.5) is 4.39 Å². The molecular weight excluding hydrogens is 445 g/mol. The molecule has 0 unspecified atom stereocenters. The van der Waals surface area contributed by atoms with E-state index in [1.54, 1.807) is 23.2 Å². The third-order valence-corrected chi connectivity index (χ3v) is 6.19. The van der Waals surface area contributed by atoms with Gasteiger partial charge in [0.25, 0.3) is 5.91 Å². The number of imidazole rings is 1. The summed E-state index contributed by atoms with van der Waals surface area (Å²) >= 11 is 0. The standard InChI is InChI=1S/C28H28FN3O3/c29-25-11-2-1-8-22(25)13-16-35-23-9-5-7-21(17-23)18-32(19-24-10-6-15-34-24)28(33)26-20-31-14-4-3-12-27(31)30-26/h1-5,7-9,11-12,14,17,20,24H,6,10,13,15-16,18-19H2/t24-/m1/s1. The van der Waals surface area contributed by atoms with Crippen LogP contribution in [0.2, 0.25) is 0 Å². The minimum Gasteiger partial charge on any atom is -0.493 e. The van der Waals surface area contributed by atoms with Gasteiger partial charge >= 0.3 is 0 Å². The second-order valence-electron chi connectivity index (χ2n) is 8.75. The van der Waals surface area contributed by atoms with Gasteiger partial charge in [0, 0.05) is 38.5 Å². The van der Waals surface area contributed by atoms with Crippen molar-refractivity contribution in [3.05, 3.63) is 102 Å². The van der Waals surface area contributed by atoms with Gasteiger partial charge in [-0.15, -0.1) is 0 Å². The fourth-order valence-electron chi connectivity index (χ4n) is 4.39. The van der Waals surface area contributed by atoms with Crippen molar-refractivity contribution in [2.45, 2.75) is 31.9 Å². The van der Waals surface area contributed by atoms with Gasteiger partial charge in [0.15, 0.2) is 0 Å². The highest BCUT2D eigenvalue weighted by Gasteiger charge is 2.25. The van der Waals surface area contributed by atoms with Gasteiger partial charge in [0.1, 0.15) is 22.9 Å². The first-order valence-corrected chi connectivity index (χ1v) is 12.0. The van der Waals surface area contributed by atoms with E-state index in [9.17, 15) is 9.18 Å². The average Bonchev–Trinajstić information content (AvgIpc) is 3.54. The van der Waals surface area contributed by atoms with Crippen molar-refractivity contribution in [2.24, 2.45) is 0 Å². The molecule has 0 radical (unpaired) electrons. The lowest BCUT2D eigenvalue weighted by Gasteiger charge is -2.25. The second-order valence-corrected chi connectivity index (χ2v) is 8.75. The van der Waals surface area contributed by atoms with Crippen LogP contribution in [-0.2, 0) is 17.7 Å². The van der Waals surface area contributed by atoms with E-state index in [4.69, 9.17) is 9.47 Å². The fourth-order valence-corrected chi connectivity index (χ4v) is 4.39. The lowest BCUT2D eigenvalue weighted by molar-refractivity contribution is 0.0503. The zero-order valence-corrected chi connectivity index (χ0v) is 19.5. The van der Waals surface area contributed by atoms with Gasteiger partial charge in [-0.05, 0) is 54.3 Å². The maximum Gasteiger partial charge on any atom is 0.274 e. The van der Waals surface area contributed by atoms with E-state index in [-0.39, 0.29) is 17.8 Å². The summed E-state index contributed by atoms with van der Waals surface area (Å²) in [5.41, 5.74) is 2.72. The summed E-state index contributed by atoms with van der Waals surface area (Å²) in [4.78, 5) is 19.8. The molecule has 0 aliphatic carbocycles. The van der Waals surface area contributed by atoms with Crippen molar-refractivity contribution in [3.8, 4) is 5.75 Å². The number of ether oxygens (including phenoxy) is 2. The molecule has 1 atom stereocenters. The predicted molar refractivity (Wildman–Crippen MR) is 131 cm³/mol. The molecule has 180 valence electrons. The Balaban J connectivity index is 1.29. The molecule has 5 rings (SSSR count). The van der Waals surface area contributed by atoms with Crippen molar-refractivity contribution in [3.63, 3.8) is 0 Å². The molecule has 3 heterocycles. The summed E-state index contributed by atoms with van der Waals surface area (Å²) in [6.07, 6.45) is 6.10. The molecule has 1 aliphatic rings.